The summed E-state index contributed by atoms with van der Waals surface area (Å²) >= 11 is 11.9. The second-order valence-corrected chi connectivity index (χ2v) is 6.66. The van der Waals surface area contributed by atoms with Crippen molar-refractivity contribution >= 4 is 40.7 Å². The van der Waals surface area contributed by atoms with Crippen LogP contribution in [0.25, 0.3) is 0 Å². The monoisotopic (exact) mass is 362 g/mol. The van der Waals surface area contributed by atoms with Crippen molar-refractivity contribution in [3.8, 4) is 0 Å². The second kappa shape index (κ2) is 6.83. The molecule has 3 rings (SSSR count). The molecule has 0 aliphatic heterocycles. The highest BCUT2D eigenvalue weighted by Crippen LogP contribution is 2.47. The van der Waals surface area contributed by atoms with Gasteiger partial charge >= 0.3 is 0 Å². The van der Waals surface area contributed by atoms with E-state index in [0.29, 0.717) is 35.1 Å². The van der Waals surface area contributed by atoms with Crippen molar-refractivity contribution in [2.45, 2.75) is 19.4 Å². The maximum Gasteiger partial charge on any atom is 0.240 e. The molecular formula is C18H16Cl2N2O2. The molecule has 0 bridgehead atoms. The van der Waals surface area contributed by atoms with Gasteiger partial charge in [-0.2, -0.15) is 0 Å². The van der Waals surface area contributed by atoms with E-state index in [0.717, 1.165) is 5.56 Å². The highest BCUT2D eigenvalue weighted by atomic mass is 35.5. The number of benzene rings is 2. The molecule has 2 amide bonds. The Morgan fingerprint density at radius 2 is 1.62 bits per heavy atom. The van der Waals surface area contributed by atoms with Gasteiger partial charge in [-0.1, -0.05) is 41.4 Å². The Labute approximate surface area is 150 Å². The Bertz CT molecular complexity index is 771. The fraction of sp³-hybridized carbons (Fsp3) is 0.222. The molecule has 4 nitrogen and oxygen atoms in total. The van der Waals surface area contributed by atoms with Crippen LogP contribution in [0.3, 0.4) is 0 Å². The topological polar surface area (TPSA) is 58.2 Å². The molecule has 0 unspecified atom stereocenters. The summed E-state index contributed by atoms with van der Waals surface area (Å²) in [4.78, 5) is 24.9. The fourth-order valence-corrected chi connectivity index (χ4v) is 2.78. The van der Waals surface area contributed by atoms with E-state index in [2.05, 4.69) is 10.6 Å². The molecule has 1 saturated carbocycles. The molecule has 6 heteroatoms. The lowest BCUT2D eigenvalue weighted by atomic mass is 10.0. The molecule has 0 atom stereocenters. The predicted octanol–water partition coefficient (Wildman–Crippen LogP) is 4.03. The summed E-state index contributed by atoms with van der Waals surface area (Å²) in [5.41, 5.74) is 0.456. The zero-order chi connectivity index (χ0) is 17.2. The molecule has 0 radical (unpaired) electrons. The van der Waals surface area contributed by atoms with Crippen LogP contribution in [0.1, 0.15) is 18.4 Å². The third-order valence-corrected chi connectivity index (χ3v) is 4.74. The van der Waals surface area contributed by atoms with E-state index in [4.69, 9.17) is 23.2 Å². The normalized spacial score (nSPS) is 14.8. The van der Waals surface area contributed by atoms with Gasteiger partial charge in [-0.15, -0.1) is 0 Å². The van der Waals surface area contributed by atoms with Crippen LogP contribution in [0.15, 0.2) is 48.5 Å². The van der Waals surface area contributed by atoms with E-state index in [-0.39, 0.29) is 11.8 Å². The van der Waals surface area contributed by atoms with Gasteiger partial charge in [-0.3, -0.25) is 9.59 Å². The summed E-state index contributed by atoms with van der Waals surface area (Å²) in [5, 5.41) is 6.77. The first-order chi connectivity index (χ1) is 11.5. The number of carbonyl (C=O) groups excluding carboxylic acids is 2. The summed E-state index contributed by atoms with van der Waals surface area (Å²) < 4.78 is 0. The Morgan fingerprint density at radius 3 is 2.25 bits per heavy atom. The van der Waals surface area contributed by atoms with Gasteiger partial charge in [0, 0.05) is 22.3 Å². The first-order valence-electron chi connectivity index (χ1n) is 7.60. The van der Waals surface area contributed by atoms with Crippen LogP contribution in [-0.2, 0) is 16.1 Å². The van der Waals surface area contributed by atoms with Crippen molar-refractivity contribution in [3.05, 3.63) is 64.1 Å². The number of nitrogens with one attached hydrogen (secondary N) is 2. The van der Waals surface area contributed by atoms with E-state index >= 15 is 0 Å². The maximum atomic E-state index is 12.5. The third-order valence-electron chi connectivity index (χ3n) is 4.12. The van der Waals surface area contributed by atoms with Crippen LogP contribution in [0.2, 0.25) is 10.0 Å². The zero-order valence-corrected chi connectivity index (χ0v) is 14.3. The van der Waals surface area contributed by atoms with Gasteiger partial charge in [0.25, 0.3) is 0 Å². The van der Waals surface area contributed by atoms with E-state index in [1.54, 1.807) is 30.3 Å². The average molecular weight is 363 g/mol. The molecule has 1 aliphatic rings. The fourth-order valence-electron chi connectivity index (χ4n) is 2.45. The van der Waals surface area contributed by atoms with Crippen LogP contribution >= 0.6 is 23.2 Å². The van der Waals surface area contributed by atoms with Crippen molar-refractivity contribution in [2.24, 2.45) is 5.41 Å². The molecule has 2 aromatic rings. The highest BCUT2D eigenvalue weighted by Gasteiger charge is 2.56. The lowest BCUT2D eigenvalue weighted by molar-refractivity contribution is -0.134. The third kappa shape index (κ3) is 3.55. The van der Waals surface area contributed by atoms with Gasteiger partial charge in [0.1, 0.15) is 5.41 Å². The number of hydrogen-bond donors (Lipinski definition) is 2. The minimum Gasteiger partial charge on any atom is -0.351 e. The van der Waals surface area contributed by atoms with E-state index in [1.165, 1.54) is 0 Å². The SMILES string of the molecule is O=C(NCc1ccccc1Cl)C1(C(=O)Nc2ccc(Cl)cc2)CC1. The molecule has 0 aromatic heterocycles. The Hall–Kier alpha value is -2.04. The molecule has 0 spiro atoms. The molecule has 0 saturated heterocycles. The van der Waals surface area contributed by atoms with E-state index in [9.17, 15) is 9.59 Å². The summed E-state index contributed by atoms with van der Waals surface area (Å²) in [7, 11) is 0. The van der Waals surface area contributed by atoms with Gasteiger partial charge in [-0.05, 0) is 48.7 Å². The second-order valence-electron chi connectivity index (χ2n) is 5.82. The van der Waals surface area contributed by atoms with Crippen molar-refractivity contribution in [1.29, 1.82) is 0 Å². The maximum absolute atomic E-state index is 12.5. The number of carbonyl (C=O) groups is 2. The predicted molar refractivity (Wildman–Crippen MR) is 95.0 cm³/mol. The average Bonchev–Trinajstić information content (AvgIpc) is 3.38. The Morgan fingerprint density at radius 1 is 0.958 bits per heavy atom. The summed E-state index contributed by atoms with van der Waals surface area (Å²) in [5.74, 6) is -0.560. The van der Waals surface area contributed by atoms with Crippen molar-refractivity contribution in [1.82, 2.24) is 5.32 Å². The largest absolute Gasteiger partial charge is 0.351 e. The van der Waals surface area contributed by atoms with Gasteiger partial charge in [0.15, 0.2) is 0 Å². The lowest BCUT2D eigenvalue weighted by Crippen LogP contribution is -2.39. The summed E-state index contributed by atoms with van der Waals surface area (Å²) in [6.07, 6.45) is 1.08. The van der Waals surface area contributed by atoms with Gasteiger partial charge < -0.3 is 10.6 Å². The van der Waals surface area contributed by atoms with Crippen LogP contribution < -0.4 is 10.6 Å². The number of anilines is 1. The van der Waals surface area contributed by atoms with Gasteiger partial charge in [0.2, 0.25) is 11.8 Å². The minimum absolute atomic E-state index is 0.270. The van der Waals surface area contributed by atoms with Crippen LogP contribution in [0.4, 0.5) is 5.69 Å². The standard InChI is InChI=1S/C18H16Cl2N2O2/c19-13-5-7-14(8-6-13)22-17(24)18(9-10-18)16(23)21-11-12-3-1-2-4-15(12)20/h1-8H,9-11H2,(H,21,23)(H,22,24). The van der Waals surface area contributed by atoms with Gasteiger partial charge in [0.05, 0.1) is 0 Å². The first kappa shape index (κ1) is 16.8. The number of amides is 2. The van der Waals surface area contributed by atoms with Crippen LogP contribution in [0.5, 0.6) is 0 Å². The smallest absolute Gasteiger partial charge is 0.240 e. The Balaban J connectivity index is 1.62. The molecule has 1 fully saturated rings. The Kier molecular flexibility index (Phi) is 4.78. The van der Waals surface area contributed by atoms with Crippen LogP contribution in [-0.4, -0.2) is 11.8 Å². The van der Waals surface area contributed by atoms with Gasteiger partial charge in [-0.25, -0.2) is 0 Å². The number of halogens is 2. The first-order valence-corrected chi connectivity index (χ1v) is 8.36. The molecule has 2 aromatic carbocycles. The zero-order valence-electron chi connectivity index (χ0n) is 12.8. The van der Waals surface area contributed by atoms with Crippen molar-refractivity contribution in [2.75, 3.05) is 5.32 Å². The lowest BCUT2D eigenvalue weighted by Gasteiger charge is -2.16. The van der Waals surface area contributed by atoms with E-state index in [1.807, 2.05) is 18.2 Å². The molecule has 0 heterocycles. The molecular weight excluding hydrogens is 347 g/mol. The molecule has 24 heavy (non-hydrogen) atoms. The number of hydrogen-bond acceptors (Lipinski definition) is 2. The van der Waals surface area contributed by atoms with Crippen molar-refractivity contribution < 1.29 is 9.59 Å². The number of rotatable bonds is 5. The molecule has 124 valence electrons. The van der Waals surface area contributed by atoms with E-state index < -0.39 is 5.41 Å². The highest BCUT2D eigenvalue weighted by molar-refractivity contribution is 6.31. The summed E-state index contributed by atoms with van der Waals surface area (Å²) in [6.45, 7) is 0.300. The molecule has 1 aliphatic carbocycles. The quantitative estimate of drug-likeness (QED) is 0.788. The summed E-state index contributed by atoms with van der Waals surface area (Å²) in [6, 6.07) is 14.1. The van der Waals surface area contributed by atoms with Crippen LogP contribution in [0, 0.1) is 5.41 Å². The minimum atomic E-state index is -0.985. The molecule has 2 N–H and O–H groups in total. The van der Waals surface area contributed by atoms with Crippen molar-refractivity contribution in [3.63, 3.8) is 0 Å².